The lowest BCUT2D eigenvalue weighted by molar-refractivity contribution is 0.386. The van der Waals surface area contributed by atoms with Gasteiger partial charge in [-0.05, 0) is 36.5 Å². The number of alkyl halides is 1. The first-order valence-electron chi connectivity index (χ1n) is 5.59. The molecule has 1 aromatic carbocycles. The van der Waals surface area contributed by atoms with E-state index in [0.717, 1.165) is 23.7 Å². The number of hydrogen-bond donors (Lipinski definition) is 0. The molecule has 0 aliphatic rings. The standard InChI is InChI=1S/C13H18BrFO/c1-3-4-11(9-14)7-10-5-6-13(16-2)12(15)8-10/h5-6,8,11H,3-4,7,9H2,1-2H3. The Labute approximate surface area is 105 Å². The van der Waals surface area contributed by atoms with Crippen LogP contribution in [0.1, 0.15) is 25.3 Å². The number of methoxy groups -OCH3 is 1. The molecule has 0 aromatic heterocycles. The van der Waals surface area contributed by atoms with Crippen LogP contribution in [0.15, 0.2) is 18.2 Å². The van der Waals surface area contributed by atoms with Crippen molar-refractivity contribution in [3.05, 3.63) is 29.6 Å². The van der Waals surface area contributed by atoms with Gasteiger partial charge in [0.25, 0.3) is 0 Å². The summed E-state index contributed by atoms with van der Waals surface area (Å²) in [4.78, 5) is 0. The second-order valence-corrected chi connectivity index (χ2v) is 4.63. The van der Waals surface area contributed by atoms with E-state index in [9.17, 15) is 4.39 Å². The lowest BCUT2D eigenvalue weighted by Gasteiger charge is -2.13. The minimum atomic E-state index is -0.273. The van der Waals surface area contributed by atoms with E-state index in [0.29, 0.717) is 11.7 Å². The molecule has 0 bridgehead atoms. The van der Waals surface area contributed by atoms with Gasteiger partial charge in [0.05, 0.1) is 7.11 Å². The van der Waals surface area contributed by atoms with E-state index in [1.807, 2.05) is 6.07 Å². The SMILES string of the molecule is CCCC(CBr)Cc1ccc(OC)c(F)c1. The molecule has 0 saturated carbocycles. The molecule has 0 aliphatic carbocycles. The topological polar surface area (TPSA) is 9.23 Å². The minimum absolute atomic E-state index is 0.273. The normalized spacial score (nSPS) is 12.5. The van der Waals surface area contributed by atoms with Gasteiger partial charge in [0, 0.05) is 5.33 Å². The van der Waals surface area contributed by atoms with E-state index in [1.165, 1.54) is 13.5 Å². The number of benzene rings is 1. The van der Waals surface area contributed by atoms with Crippen molar-refractivity contribution >= 4 is 15.9 Å². The summed E-state index contributed by atoms with van der Waals surface area (Å²) in [5.41, 5.74) is 1.04. The van der Waals surface area contributed by atoms with Crippen molar-refractivity contribution in [1.29, 1.82) is 0 Å². The fraction of sp³-hybridized carbons (Fsp3) is 0.538. The van der Waals surface area contributed by atoms with Crippen molar-refractivity contribution in [2.24, 2.45) is 5.92 Å². The highest BCUT2D eigenvalue weighted by Gasteiger charge is 2.09. The third-order valence-electron chi connectivity index (χ3n) is 2.66. The number of halogens is 2. The molecule has 0 heterocycles. The Hall–Kier alpha value is -0.570. The van der Waals surface area contributed by atoms with Crippen LogP contribution in [0.5, 0.6) is 5.75 Å². The van der Waals surface area contributed by atoms with Gasteiger partial charge >= 0.3 is 0 Å². The zero-order chi connectivity index (χ0) is 12.0. The van der Waals surface area contributed by atoms with Crippen LogP contribution < -0.4 is 4.74 Å². The molecule has 0 aliphatic heterocycles. The third kappa shape index (κ3) is 3.78. The van der Waals surface area contributed by atoms with E-state index in [4.69, 9.17) is 4.74 Å². The molecule has 1 unspecified atom stereocenters. The summed E-state index contributed by atoms with van der Waals surface area (Å²) in [5.74, 6) is 0.622. The summed E-state index contributed by atoms with van der Waals surface area (Å²) >= 11 is 3.50. The van der Waals surface area contributed by atoms with E-state index < -0.39 is 0 Å². The largest absolute Gasteiger partial charge is 0.494 e. The van der Waals surface area contributed by atoms with Crippen molar-refractivity contribution in [1.82, 2.24) is 0 Å². The molecular formula is C13H18BrFO. The van der Waals surface area contributed by atoms with Crippen LogP contribution in [0, 0.1) is 11.7 Å². The van der Waals surface area contributed by atoms with Gasteiger partial charge in [-0.25, -0.2) is 4.39 Å². The van der Waals surface area contributed by atoms with Gasteiger partial charge in [-0.2, -0.15) is 0 Å². The molecule has 0 N–H and O–H groups in total. The molecule has 0 fully saturated rings. The first-order chi connectivity index (χ1) is 7.71. The lowest BCUT2D eigenvalue weighted by atomic mass is 9.97. The van der Waals surface area contributed by atoms with Crippen LogP contribution >= 0.6 is 15.9 Å². The summed E-state index contributed by atoms with van der Waals surface area (Å²) in [6, 6.07) is 5.21. The molecule has 1 atom stereocenters. The minimum Gasteiger partial charge on any atom is -0.494 e. The molecule has 0 spiro atoms. The molecular weight excluding hydrogens is 271 g/mol. The van der Waals surface area contributed by atoms with Crippen LogP contribution in [0.25, 0.3) is 0 Å². The van der Waals surface area contributed by atoms with E-state index in [-0.39, 0.29) is 5.82 Å². The first kappa shape index (κ1) is 13.5. The maximum Gasteiger partial charge on any atom is 0.165 e. The summed E-state index contributed by atoms with van der Waals surface area (Å²) in [5, 5.41) is 0.967. The van der Waals surface area contributed by atoms with Gasteiger partial charge in [0.1, 0.15) is 0 Å². The molecule has 16 heavy (non-hydrogen) atoms. The Bertz CT molecular complexity index is 328. The van der Waals surface area contributed by atoms with Crippen molar-refractivity contribution in [3.8, 4) is 5.75 Å². The summed E-state index contributed by atoms with van der Waals surface area (Å²) in [6.07, 6.45) is 3.24. The van der Waals surface area contributed by atoms with Gasteiger partial charge in [-0.1, -0.05) is 35.3 Å². The number of hydrogen-bond acceptors (Lipinski definition) is 1. The molecule has 3 heteroatoms. The third-order valence-corrected chi connectivity index (χ3v) is 3.57. The van der Waals surface area contributed by atoms with Gasteiger partial charge in [0.2, 0.25) is 0 Å². The van der Waals surface area contributed by atoms with Crippen molar-refractivity contribution in [3.63, 3.8) is 0 Å². The first-order valence-corrected chi connectivity index (χ1v) is 6.71. The predicted molar refractivity (Wildman–Crippen MR) is 68.8 cm³/mol. The van der Waals surface area contributed by atoms with Gasteiger partial charge < -0.3 is 4.74 Å². The quantitative estimate of drug-likeness (QED) is 0.714. The number of ether oxygens (including phenoxy) is 1. The summed E-state index contributed by atoms with van der Waals surface area (Å²) in [6.45, 7) is 2.17. The van der Waals surface area contributed by atoms with Crippen LogP contribution in [0.2, 0.25) is 0 Å². The molecule has 0 saturated heterocycles. The summed E-state index contributed by atoms with van der Waals surface area (Å²) < 4.78 is 18.3. The fourth-order valence-corrected chi connectivity index (χ4v) is 2.36. The van der Waals surface area contributed by atoms with E-state index >= 15 is 0 Å². The van der Waals surface area contributed by atoms with Crippen molar-refractivity contribution < 1.29 is 9.13 Å². The van der Waals surface area contributed by atoms with Crippen molar-refractivity contribution in [2.75, 3.05) is 12.4 Å². The van der Waals surface area contributed by atoms with E-state index in [1.54, 1.807) is 12.1 Å². The second kappa shape index (κ2) is 6.89. The highest BCUT2D eigenvalue weighted by Crippen LogP contribution is 2.21. The molecule has 90 valence electrons. The fourth-order valence-electron chi connectivity index (χ4n) is 1.81. The highest BCUT2D eigenvalue weighted by molar-refractivity contribution is 9.09. The van der Waals surface area contributed by atoms with E-state index in [2.05, 4.69) is 22.9 Å². The monoisotopic (exact) mass is 288 g/mol. The average molecular weight is 289 g/mol. The maximum atomic E-state index is 13.5. The molecule has 1 aromatic rings. The Morgan fingerprint density at radius 1 is 1.44 bits per heavy atom. The van der Waals surface area contributed by atoms with Crippen LogP contribution in [-0.4, -0.2) is 12.4 Å². The Morgan fingerprint density at radius 2 is 2.19 bits per heavy atom. The average Bonchev–Trinajstić information content (AvgIpc) is 2.28. The molecule has 1 nitrogen and oxygen atoms in total. The predicted octanol–water partition coefficient (Wildman–Crippen LogP) is 4.19. The van der Waals surface area contributed by atoms with Gasteiger partial charge in [-0.3, -0.25) is 0 Å². The Balaban J connectivity index is 2.69. The zero-order valence-corrected chi connectivity index (χ0v) is 11.4. The van der Waals surface area contributed by atoms with Crippen LogP contribution in [-0.2, 0) is 6.42 Å². The Kier molecular flexibility index (Phi) is 5.81. The maximum absolute atomic E-state index is 13.5. The molecule has 0 radical (unpaired) electrons. The van der Waals surface area contributed by atoms with Gasteiger partial charge in [-0.15, -0.1) is 0 Å². The van der Waals surface area contributed by atoms with Crippen LogP contribution in [0.3, 0.4) is 0 Å². The molecule has 0 amide bonds. The van der Waals surface area contributed by atoms with Crippen LogP contribution in [0.4, 0.5) is 4.39 Å². The smallest absolute Gasteiger partial charge is 0.165 e. The van der Waals surface area contributed by atoms with Crippen molar-refractivity contribution in [2.45, 2.75) is 26.2 Å². The molecule has 1 rings (SSSR count). The highest BCUT2D eigenvalue weighted by atomic mass is 79.9. The summed E-state index contributed by atoms with van der Waals surface area (Å²) in [7, 11) is 1.48. The number of rotatable bonds is 6. The Morgan fingerprint density at radius 3 is 2.69 bits per heavy atom. The lowest BCUT2D eigenvalue weighted by Crippen LogP contribution is -2.06. The second-order valence-electron chi connectivity index (χ2n) is 3.98. The van der Waals surface area contributed by atoms with Gasteiger partial charge in [0.15, 0.2) is 11.6 Å². The zero-order valence-electron chi connectivity index (χ0n) is 9.80.